The van der Waals surface area contributed by atoms with Gasteiger partial charge in [0, 0.05) is 18.3 Å². The molecule has 0 saturated carbocycles. The molecule has 0 aliphatic carbocycles. The van der Waals surface area contributed by atoms with Crippen molar-refractivity contribution in [2.75, 3.05) is 13.7 Å². The van der Waals surface area contributed by atoms with Gasteiger partial charge in [-0.3, -0.25) is 4.79 Å². The summed E-state index contributed by atoms with van der Waals surface area (Å²) in [5, 5.41) is 15.9. The van der Waals surface area contributed by atoms with Crippen LogP contribution in [0.15, 0.2) is 29.6 Å². The smallest absolute Gasteiger partial charge is 0.220 e. The first-order chi connectivity index (χ1) is 11.1. The van der Waals surface area contributed by atoms with Crippen LogP contribution in [-0.2, 0) is 11.2 Å². The third-order valence-electron chi connectivity index (χ3n) is 3.50. The van der Waals surface area contributed by atoms with Gasteiger partial charge < -0.3 is 15.2 Å². The number of nitrogens with one attached hydrogen (secondary N) is 1. The summed E-state index contributed by atoms with van der Waals surface area (Å²) in [4.78, 5) is 16.2. The van der Waals surface area contributed by atoms with Crippen LogP contribution in [0.3, 0.4) is 0 Å². The molecule has 0 radical (unpaired) electrons. The number of hydrogen-bond acceptors (Lipinski definition) is 5. The minimum atomic E-state index is -0.717. The summed E-state index contributed by atoms with van der Waals surface area (Å²) in [5.41, 5.74) is 1.79. The molecule has 0 aliphatic heterocycles. The number of carbonyl (C=O) groups excluding carboxylic acids is 1. The highest BCUT2D eigenvalue weighted by Crippen LogP contribution is 2.17. The molecule has 1 amide bonds. The number of aliphatic hydroxyl groups is 1. The van der Waals surface area contributed by atoms with Gasteiger partial charge in [-0.05, 0) is 37.5 Å². The number of aliphatic hydroxyl groups excluding tert-OH is 1. The van der Waals surface area contributed by atoms with Crippen molar-refractivity contribution in [1.29, 1.82) is 0 Å². The normalized spacial score (nSPS) is 12.0. The predicted octanol–water partition coefficient (Wildman–Crippen LogP) is 2.63. The Kier molecular flexibility index (Phi) is 6.55. The van der Waals surface area contributed by atoms with Crippen molar-refractivity contribution >= 4 is 17.2 Å². The first-order valence-electron chi connectivity index (χ1n) is 7.58. The van der Waals surface area contributed by atoms with Gasteiger partial charge in [-0.25, -0.2) is 4.98 Å². The zero-order valence-corrected chi connectivity index (χ0v) is 14.2. The molecule has 2 aromatic rings. The maximum atomic E-state index is 11.8. The van der Waals surface area contributed by atoms with E-state index in [1.54, 1.807) is 42.7 Å². The largest absolute Gasteiger partial charge is 0.497 e. The zero-order valence-electron chi connectivity index (χ0n) is 13.4. The van der Waals surface area contributed by atoms with Gasteiger partial charge in [-0.15, -0.1) is 11.3 Å². The zero-order chi connectivity index (χ0) is 16.7. The fourth-order valence-electron chi connectivity index (χ4n) is 2.20. The second-order valence-corrected chi connectivity index (χ2v) is 6.37. The van der Waals surface area contributed by atoms with Crippen LogP contribution in [0.1, 0.15) is 35.2 Å². The fourth-order valence-corrected chi connectivity index (χ4v) is 2.84. The molecule has 23 heavy (non-hydrogen) atoms. The standard InChI is InChI=1S/C17H22N2O3S/c1-12-19-14(11-23-12)4-3-5-17(21)18-10-16(20)13-6-8-15(22-2)9-7-13/h6-9,11,16,20H,3-5,10H2,1-2H3,(H,18,21). The average Bonchev–Trinajstić information content (AvgIpc) is 2.98. The molecule has 5 nitrogen and oxygen atoms in total. The Balaban J connectivity index is 1.68. The van der Waals surface area contributed by atoms with E-state index >= 15 is 0 Å². The second-order valence-electron chi connectivity index (χ2n) is 5.30. The lowest BCUT2D eigenvalue weighted by Gasteiger charge is -2.12. The van der Waals surface area contributed by atoms with Crippen molar-refractivity contribution in [3.05, 3.63) is 45.9 Å². The number of aromatic nitrogens is 1. The van der Waals surface area contributed by atoms with Crippen LogP contribution in [0.2, 0.25) is 0 Å². The lowest BCUT2D eigenvalue weighted by Crippen LogP contribution is -2.28. The van der Waals surface area contributed by atoms with E-state index < -0.39 is 6.10 Å². The summed E-state index contributed by atoms with van der Waals surface area (Å²) in [7, 11) is 1.60. The van der Waals surface area contributed by atoms with Crippen molar-refractivity contribution < 1.29 is 14.6 Å². The van der Waals surface area contributed by atoms with E-state index in [-0.39, 0.29) is 12.5 Å². The Bertz CT molecular complexity index is 625. The van der Waals surface area contributed by atoms with E-state index in [0.29, 0.717) is 6.42 Å². The highest BCUT2D eigenvalue weighted by Gasteiger charge is 2.10. The fraction of sp³-hybridized carbons (Fsp3) is 0.412. The van der Waals surface area contributed by atoms with Crippen LogP contribution >= 0.6 is 11.3 Å². The maximum Gasteiger partial charge on any atom is 0.220 e. The van der Waals surface area contributed by atoms with E-state index in [9.17, 15) is 9.90 Å². The molecule has 6 heteroatoms. The first kappa shape index (κ1) is 17.4. The van der Waals surface area contributed by atoms with Crippen molar-refractivity contribution in [3.63, 3.8) is 0 Å². The van der Waals surface area contributed by atoms with Crippen molar-refractivity contribution in [2.45, 2.75) is 32.3 Å². The molecule has 2 N–H and O–H groups in total. The number of aryl methyl sites for hydroxylation is 2. The number of ether oxygens (including phenoxy) is 1. The van der Waals surface area contributed by atoms with Gasteiger partial charge in [0.05, 0.1) is 23.9 Å². The molecular weight excluding hydrogens is 312 g/mol. The van der Waals surface area contributed by atoms with Crippen LogP contribution in [0.5, 0.6) is 5.75 Å². The number of carbonyl (C=O) groups is 1. The lowest BCUT2D eigenvalue weighted by molar-refractivity contribution is -0.121. The van der Waals surface area contributed by atoms with E-state index in [0.717, 1.165) is 34.9 Å². The molecule has 1 aromatic heterocycles. The van der Waals surface area contributed by atoms with Gasteiger partial charge in [0.15, 0.2) is 0 Å². The summed E-state index contributed by atoms with van der Waals surface area (Å²) in [6.45, 7) is 2.18. The second kappa shape index (κ2) is 8.64. The predicted molar refractivity (Wildman–Crippen MR) is 90.8 cm³/mol. The monoisotopic (exact) mass is 334 g/mol. The third kappa shape index (κ3) is 5.65. The molecule has 0 bridgehead atoms. The molecule has 0 fully saturated rings. The third-order valence-corrected chi connectivity index (χ3v) is 4.32. The van der Waals surface area contributed by atoms with Crippen LogP contribution < -0.4 is 10.1 Å². The SMILES string of the molecule is COc1ccc(C(O)CNC(=O)CCCc2csc(C)n2)cc1. The van der Waals surface area contributed by atoms with Crippen LogP contribution in [-0.4, -0.2) is 29.7 Å². The molecule has 124 valence electrons. The summed E-state index contributed by atoms with van der Waals surface area (Å²) in [5.74, 6) is 0.687. The van der Waals surface area contributed by atoms with E-state index in [2.05, 4.69) is 10.3 Å². The minimum absolute atomic E-state index is 0.0514. The summed E-state index contributed by atoms with van der Waals surface area (Å²) in [6, 6.07) is 7.16. The van der Waals surface area contributed by atoms with E-state index in [1.807, 2.05) is 12.3 Å². The van der Waals surface area contributed by atoms with Crippen molar-refractivity contribution in [3.8, 4) is 5.75 Å². The molecule has 1 aromatic carbocycles. The lowest BCUT2D eigenvalue weighted by atomic mass is 10.1. The number of amides is 1. The van der Waals surface area contributed by atoms with Crippen LogP contribution in [0.25, 0.3) is 0 Å². The minimum Gasteiger partial charge on any atom is -0.497 e. The van der Waals surface area contributed by atoms with Gasteiger partial charge in [0.25, 0.3) is 0 Å². The number of rotatable bonds is 8. The van der Waals surface area contributed by atoms with Gasteiger partial charge in [0.1, 0.15) is 5.75 Å². The van der Waals surface area contributed by atoms with Gasteiger partial charge in [-0.2, -0.15) is 0 Å². The van der Waals surface area contributed by atoms with Gasteiger partial charge >= 0.3 is 0 Å². The molecule has 2 rings (SSSR count). The molecule has 1 unspecified atom stereocenters. The average molecular weight is 334 g/mol. The van der Waals surface area contributed by atoms with Gasteiger partial charge in [0.2, 0.25) is 5.91 Å². The molecule has 1 heterocycles. The van der Waals surface area contributed by atoms with Crippen molar-refractivity contribution in [2.24, 2.45) is 0 Å². The molecule has 0 spiro atoms. The Labute approximate surface area is 140 Å². The number of hydrogen-bond donors (Lipinski definition) is 2. The number of methoxy groups -OCH3 is 1. The van der Waals surface area contributed by atoms with E-state index in [1.165, 1.54) is 0 Å². The van der Waals surface area contributed by atoms with Crippen LogP contribution in [0.4, 0.5) is 0 Å². The number of thiazole rings is 1. The summed E-state index contributed by atoms with van der Waals surface area (Å²) in [6.07, 6.45) is 1.28. The number of nitrogens with zero attached hydrogens (tertiary/aromatic N) is 1. The summed E-state index contributed by atoms with van der Waals surface area (Å²) < 4.78 is 5.07. The van der Waals surface area contributed by atoms with Gasteiger partial charge in [-0.1, -0.05) is 12.1 Å². The molecular formula is C17H22N2O3S. The number of benzene rings is 1. The highest BCUT2D eigenvalue weighted by molar-refractivity contribution is 7.09. The van der Waals surface area contributed by atoms with Crippen molar-refractivity contribution in [1.82, 2.24) is 10.3 Å². The Morgan fingerprint density at radius 3 is 2.74 bits per heavy atom. The first-order valence-corrected chi connectivity index (χ1v) is 8.46. The van der Waals surface area contributed by atoms with E-state index in [4.69, 9.17) is 4.74 Å². The Hall–Kier alpha value is -1.92. The highest BCUT2D eigenvalue weighted by atomic mass is 32.1. The van der Waals surface area contributed by atoms with Crippen LogP contribution in [0, 0.1) is 6.92 Å². The summed E-state index contributed by atoms with van der Waals surface area (Å²) >= 11 is 1.62. The Morgan fingerprint density at radius 1 is 1.39 bits per heavy atom. The quantitative estimate of drug-likeness (QED) is 0.778. The Morgan fingerprint density at radius 2 is 2.13 bits per heavy atom. The maximum absolute atomic E-state index is 11.8. The molecule has 1 atom stereocenters. The topological polar surface area (TPSA) is 71.5 Å². The molecule has 0 aliphatic rings. The molecule has 0 saturated heterocycles.